The van der Waals surface area contributed by atoms with E-state index in [1.54, 1.807) is 0 Å². The molecule has 2 aromatic heterocycles. The molecule has 0 fully saturated rings. The van der Waals surface area contributed by atoms with Crippen LogP contribution in [0.1, 0.15) is 0 Å². The van der Waals surface area contributed by atoms with E-state index in [0.29, 0.717) is 10.9 Å². The number of benzene rings is 4. The van der Waals surface area contributed by atoms with Gasteiger partial charge in [-0.15, -0.1) is 0 Å². The van der Waals surface area contributed by atoms with Crippen molar-refractivity contribution in [2.24, 2.45) is 0 Å². The molecule has 0 amide bonds. The van der Waals surface area contributed by atoms with Crippen molar-refractivity contribution in [1.82, 2.24) is 9.97 Å². The molecular formula is C26H15ClN2O. The number of pyridine rings is 1. The van der Waals surface area contributed by atoms with E-state index in [1.165, 1.54) is 0 Å². The Hall–Kier alpha value is -3.69. The SMILES string of the molecule is Clc1ccc(-c2nc3c(ccc4c(-c5ccccc5)nc5ccccc5c43)o2)cc1. The van der Waals surface area contributed by atoms with Crippen LogP contribution in [0.15, 0.2) is 95.4 Å². The summed E-state index contributed by atoms with van der Waals surface area (Å²) in [6.07, 6.45) is 0. The average molecular weight is 407 g/mol. The Morgan fingerprint density at radius 3 is 2.23 bits per heavy atom. The normalized spacial score (nSPS) is 11.5. The van der Waals surface area contributed by atoms with E-state index in [4.69, 9.17) is 26.0 Å². The highest BCUT2D eigenvalue weighted by molar-refractivity contribution is 6.30. The molecule has 4 heteroatoms. The lowest BCUT2D eigenvalue weighted by molar-refractivity contribution is 0.620. The molecule has 0 N–H and O–H groups in total. The Bertz CT molecular complexity index is 1540. The molecule has 0 aliphatic heterocycles. The van der Waals surface area contributed by atoms with Crippen LogP contribution in [0.25, 0.3) is 55.5 Å². The molecule has 0 atom stereocenters. The lowest BCUT2D eigenvalue weighted by Gasteiger charge is -2.10. The smallest absolute Gasteiger partial charge is 0.227 e. The molecule has 0 bridgehead atoms. The van der Waals surface area contributed by atoms with E-state index < -0.39 is 0 Å². The van der Waals surface area contributed by atoms with Crippen LogP contribution in [-0.2, 0) is 0 Å². The van der Waals surface area contributed by atoms with Gasteiger partial charge in [-0.2, -0.15) is 0 Å². The highest BCUT2D eigenvalue weighted by atomic mass is 35.5. The van der Waals surface area contributed by atoms with E-state index >= 15 is 0 Å². The molecule has 0 saturated carbocycles. The minimum Gasteiger partial charge on any atom is -0.436 e. The van der Waals surface area contributed by atoms with Crippen molar-refractivity contribution in [3.8, 4) is 22.7 Å². The van der Waals surface area contributed by atoms with Gasteiger partial charge in [0.05, 0.1) is 11.2 Å². The number of para-hydroxylation sites is 1. The van der Waals surface area contributed by atoms with Crippen molar-refractivity contribution in [1.29, 1.82) is 0 Å². The summed E-state index contributed by atoms with van der Waals surface area (Å²) in [6, 6.07) is 30.0. The predicted molar refractivity (Wildman–Crippen MR) is 123 cm³/mol. The first-order valence-electron chi connectivity index (χ1n) is 9.71. The number of halogens is 1. The molecule has 6 aromatic rings. The summed E-state index contributed by atoms with van der Waals surface area (Å²) in [5.74, 6) is 0.580. The van der Waals surface area contributed by atoms with Crippen molar-refractivity contribution in [2.75, 3.05) is 0 Å². The number of nitrogens with zero attached hydrogens (tertiary/aromatic N) is 2. The molecule has 4 aromatic carbocycles. The third-order valence-electron chi connectivity index (χ3n) is 5.36. The van der Waals surface area contributed by atoms with Crippen LogP contribution in [0.4, 0.5) is 0 Å². The lowest BCUT2D eigenvalue weighted by atomic mass is 9.99. The fourth-order valence-electron chi connectivity index (χ4n) is 3.96. The Kier molecular flexibility index (Phi) is 3.83. The van der Waals surface area contributed by atoms with Crippen molar-refractivity contribution < 1.29 is 4.42 Å². The number of oxazole rings is 1. The van der Waals surface area contributed by atoms with Gasteiger partial charge in [-0.05, 0) is 42.5 Å². The van der Waals surface area contributed by atoms with Crippen LogP contribution in [0.5, 0.6) is 0 Å². The van der Waals surface area contributed by atoms with Gasteiger partial charge in [0.2, 0.25) is 5.89 Å². The van der Waals surface area contributed by atoms with E-state index in [1.807, 2.05) is 66.7 Å². The van der Waals surface area contributed by atoms with Crippen LogP contribution >= 0.6 is 11.6 Å². The molecule has 0 spiro atoms. The van der Waals surface area contributed by atoms with E-state index in [0.717, 1.165) is 49.6 Å². The Morgan fingerprint density at radius 2 is 1.40 bits per heavy atom. The number of fused-ring (bicyclic) bond motifs is 5. The third-order valence-corrected chi connectivity index (χ3v) is 5.61. The van der Waals surface area contributed by atoms with E-state index in [2.05, 4.69) is 24.3 Å². The van der Waals surface area contributed by atoms with Crippen molar-refractivity contribution >= 4 is 44.4 Å². The van der Waals surface area contributed by atoms with Crippen molar-refractivity contribution in [3.05, 3.63) is 96.0 Å². The summed E-state index contributed by atoms with van der Waals surface area (Å²) in [6.45, 7) is 0. The second kappa shape index (κ2) is 6.68. The highest BCUT2D eigenvalue weighted by Gasteiger charge is 2.17. The quantitative estimate of drug-likeness (QED) is 0.279. The first-order chi connectivity index (χ1) is 14.8. The van der Waals surface area contributed by atoms with Crippen molar-refractivity contribution in [3.63, 3.8) is 0 Å². The third kappa shape index (κ3) is 2.67. The van der Waals surface area contributed by atoms with E-state index in [9.17, 15) is 0 Å². The number of aromatic nitrogens is 2. The molecule has 0 unspecified atom stereocenters. The molecule has 2 heterocycles. The molecule has 6 rings (SSSR count). The van der Waals surface area contributed by atoms with Gasteiger partial charge in [0.15, 0.2) is 5.58 Å². The van der Waals surface area contributed by atoms with Crippen molar-refractivity contribution in [2.45, 2.75) is 0 Å². The molecule has 3 nitrogen and oxygen atoms in total. The molecule has 0 saturated heterocycles. The average Bonchev–Trinajstić information content (AvgIpc) is 3.24. The first-order valence-corrected chi connectivity index (χ1v) is 10.1. The van der Waals surface area contributed by atoms with Gasteiger partial charge in [0.1, 0.15) is 5.52 Å². The highest BCUT2D eigenvalue weighted by Crippen LogP contribution is 2.38. The maximum atomic E-state index is 6.12. The fraction of sp³-hybridized carbons (Fsp3) is 0. The Morgan fingerprint density at radius 1 is 0.633 bits per heavy atom. The summed E-state index contributed by atoms with van der Waals surface area (Å²) in [5.41, 5.74) is 5.45. The monoisotopic (exact) mass is 406 g/mol. The maximum absolute atomic E-state index is 6.12. The maximum Gasteiger partial charge on any atom is 0.227 e. The van der Waals surface area contributed by atoms with Gasteiger partial charge in [0, 0.05) is 32.3 Å². The van der Waals surface area contributed by atoms with Gasteiger partial charge in [0.25, 0.3) is 0 Å². The topological polar surface area (TPSA) is 38.9 Å². The molecule has 0 radical (unpaired) electrons. The van der Waals surface area contributed by atoms with Crippen LogP contribution in [0, 0.1) is 0 Å². The van der Waals surface area contributed by atoms with Gasteiger partial charge in [-0.3, -0.25) is 0 Å². The fourth-order valence-corrected chi connectivity index (χ4v) is 4.09. The molecule has 142 valence electrons. The second-order valence-corrected chi connectivity index (χ2v) is 7.64. The summed E-state index contributed by atoms with van der Waals surface area (Å²) in [7, 11) is 0. The Balaban J connectivity index is 1.72. The van der Waals surface area contributed by atoms with Crippen LogP contribution in [0.3, 0.4) is 0 Å². The van der Waals surface area contributed by atoms with Gasteiger partial charge < -0.3 is 4.42 Å². The van der Waals surface area contributed by atoms with Crippen LogP contribution in [-0.4, -0.2) is 9.97 Å². The van der Waals surface area contributed by atoms with Gasteiger partial charge in [-0.1, -0.05) is 60.1 Å². The zero-order valence-corrected chi connectivity index (χ0v) is 16.6. The summed E-state index contributed by atoms with van der Waals surface area (Å²) >= 11 is 6.04. The van der Waals surface area contributed by atoms with Crippen LogP contribution in [0.2, 0.25) is 5.02 Å². The predicted octanol–water partition coefficient (Wildman–Crippen LogP) is 7.52. The molecule has 0 aliphatic rings. The minimum atomic E-state index is 0.580. The summed E-state index contributed by atoms with van der Waals surface area (Å²) in [4.78, 5) is 9.87. The molecular weight excluding hydrogens is 392 g/mol. The zero-order valence-electron chi connectivity index (χ0n) is 15.8. The number of hydrogen-bond acceptors (Lipinski definition) is 3. The van der Waals surface area contributed by atoms with E-state index in [-0.39, 0.29) is 0 Å². The standard InChI is InChI=1S/C26H15ClN2O/c27-18-12-10-17(11-13-18)26-29-25-22(30-26)15-14-20-23(25)19-8-4-5-9-21(19)28-24(20)16-6-2-1-3-7-16/h1-15H. The number of rotatable bonds is 2. The lowest BCUT2D eigenvalue weighted by Crippen LogP contribution is -1.90. The zero-order chi connectivity index (χ0) is 20.1. The van der Waals surface area contributed by atoms with Gasteiger partial charge in [-0.25, -0.2) is 9.97 Å². The number of hydrogen-bond donors (Lipinski definition) is 0. The second-order valence-electron chi connectivity index (χ2n) is 7.20. The summed E-state index contributed by atoms with van der Waals surface area (Å²) < 4.78 is 6.12. The summed E-state index contributed by atoms with van der Waals surface area (Å²) in [5, 5.41) is 3.86. The Labute approximate surface area is 177 Å². The van der Waals surface area contributed by atoms with Gasteiger partial charge >= 0.3 is 0 Å². The molecule has 30 heavy (non-hydrogen) atoms. The largest absolute Gasteiger partial charge is 0.436 e. The minimum absolute atomic E-state index is 0.580. The molecule has 0 aliphatic carbocycles. The first kappa shape index (κ1) is 17.2. The van der Waals surface area contributed by atoms with Crippen LogP contribution < -0.4 is 0 Å².